The van der Waals surface area contributed by atoms with Gasteiger partial charge in [0, 0.05) is 35.7 Å². The Balaban J connectivity index is 1.39. The Bertz CT molecular complexity index is 903. The molecular formula is C22H26ClNO5. The van der Waals surface area contributed by atoms with Crippen molar-refractivity contribution in [2.45, 2.75) is 44.4 Å². The number of aliphatic hydroxyl groups is 1. The van der Waals surface area contributed by atoms with Crippen LogP contribution in [0.5, 0.6) is 23.0 Å². The highest BCUT2D eigenvalue weighted by Crippen LogP contribution is 2.44. The second-order valence-electron chi connectivity index (χ2n) is 8.32. The monoisotopic (exact) mass is 419 g/mol. The van der Waals surface area contributed by atoms with E-state index >= 15 is 0 Å². The Kier molecular flexibility index (Phi) is 5.27. The SMILES string of the molecule is CC(COc1ccc2c(c1)OCO2)NCC1(O)CC(C)(C)Oc2cc(Cl)ccc21. The molecule has 0 saturated carbocycles. The fourth-order valence-electron chi connectivity index (χ4n) is 3.85. The highest BCUT2D eigenvalue weighted by molar-refractivity contribution is 6.30. The summed E-state index contributed by atoms with van der Waals surface area (Å²) in [6, 6.07) is 10.9. The lowest BCUT2D eigenvalue weighted by Gasteiger charge is -2.43. The average Bonchev–Trinajstić information content (AvgIpc) is 3.11. The van der Waals surface area contributed by atoms with Crippen LogP contribution < -0.4 is 24.3 Å². The lowest BCUT2D eigenvalue weighted by Crippen LogP contribution is -2.51. The molecule has 29 heavy (non-hydrogen) atoms. The van der Waals surface area contributed by atoms with E-state index in [4.69, 9.17) is 30.5 Å². The maximum absolute atomic E-state index is 11.4. The van der Waals surface area contributed by atoms with Gasteiger partial charge >= 0.3 is 0 Å². The molecule has 2 aromatic rings. The first-order valence-corrected chi connectivity index (χ1v) is 10.1. The normalized spacial score (nSPS) is 22.5. The van der Waals surface area contributed by atoms with Gasteiger partial charge in [0.05, 0.1) is 0 Å². The van der Waals surface area contributed by atoms with Crippen molar-refractivity contribution in [2.75, 3.05) is 19.9 Å². The first-order valence-electron chi connectivity index (χ1n) is 9.71. The Morgan fingerprint density at radius 2 is 1.93 bits per heavy atom. The number of rotatable bonds is 6. The van der Waals surface area contributed by atoms with Gasteiger partial charge in [-0.25, -0.2) is 0 Å². The van der Waals surface area contributed by atoms with Crippen molar-refractivity contribution in [1.82, 2.24) is 5.32 Å². The standard InChI is InChI=1S/C22H26ClNO5/c1-14(10-26-16-5-7-18-20(9-16)28-13-27-18)24-12-22(25)11-21(2,3)29-19-8-15(23)4-6-17(19)22/h4-9,14,24-25H,10-13H2,1-3H3. The van der Waals surface area contributed by atoms with Crippen LogP contribution in [0.1, 0.15) is 32.8 Å². The highest BCUT2D eigenvalue weighted by Gasteiger charge is 2.44. The maximum atomic E-state index is 11.4. The minimum absolute atomic E-state index is 0.0196. The predicted molar refractivity (Wildman–Crippen MR) is 110 cm³/mol. The van der Waals surface area contributed by atoms with Crippen LogP contribution in [0, 0.1) is 0 Å². The van der Waals surface area contributed by atoms with Crippen LogP contribution in [-0.2, 0) is 5.60 Å². The van der Waals surface area contributed by atoms with Gasteiger partial charge in [-0.1, -0.05) is 17.7 Å². The summed E-state index contributed by atoms with van der Waals surface area (Å²) in [7, 11) is 0. The molecule has 6 nitrogen and oxygen atoms in total. The van der Waals surface area contributed by atoms with Crippen LogP contribution in [0.4, 0.5) is 0 Å². The summed E-state index contributed by atoms with van der Waals surface area (Å²) in [5.74, 6) is 2.76. The third-order valence-corrected chi connectivity index (χ3v) is 5.37. The lowest BCUT2D eigenvalue weighted by atomic mass is 9.80. The van der Waals surface area contributed by atoms with Crippen LogP contribution in [0.25, 0.3) is 0 Å². The molecule has 7 heteroatoms. The molecule has 0 aliphatic carbocycles. The molecule has 0 bridgehead atoms. The zero-order valence-corrected chi connectivity index (χ0v) is 17.6. The van der Waals surface area contributed by atoms with Crippen LogP contribution >= 0.6 is 11.6 Å². The van der Waals surface area contributed by atoms with Crippen LogP contribution in [0.3, 0.4) is 0 Å². The minimum atomic E-state index is -1.06. The molecule has 2 aliphatic rings. The van der Waals surface area contributed by atoms with Crippen LogP contribution in [-0.4, -0.2) is 36.7 Å². The molecule has 0 aromatic heterocycles. The van der Waals surface area contributed by atoms with Gasteiger partial charge in [-0.05, 0) is 45.0 Å². The smallest absolute Gasteiger partial charge is 0.231 e. The summed E-state index contributed by atoms with van der Waals surface area (Å²) in [6.07, 6.45) is 0.470. The molecule has 0 radical (unpaired) electrons. The van der Waals surface area contributed by atoms with Gasteiger partial charge in [0.15, 0.2) is 11.5 Å². The van der Waals surface area contributed by atoms with Crippen molar-refractivity contribution >= 4 is 11.6 Å². The summed E-state index contributed by atoms with van der Waals surface area (Å²) in [6.45, 7) is 7.01. The maximum Gasteiger partial charge on any atom is 0.231 e. The second-order valence-corrected chi connectivity index (χ2v) is 8.76. The van der Waals surface area contributed by atoms with Gasteiger partial charge in [-0.15, -0.1) is 0 Å². The van der Waals surface area contributed by atoms with Gasteiger partial charge in [0.25, 0.3) is 0 Å². The molecule has 4 rings (SSSR count). The van der Waals surface area contributed by atoms with Crippen molar-refractivity contribution in [3.8, 4) is 23.0 Å². The third kappa shape index (κ3) is 4.39. The van der Waals surface area contributed by atoms with Crippen LogP contribution in [0.15, 0.2) is 36.4 Å². The fourth-order valence-corrected chi connectivity index (χ4v) is 4.01. The van der Waals surface area contributed by atoms with E-state index in [0.29, 0.717) is 41.8 Å². The summed E-state index contributed by atoms with van der Waals surface area (Å²) in [5.41, 5.74) is -0.813. The van der Waals surface area contributed by atoms with E-state index < -0.39 is 11.2 Å². The number of hydrogen-bond acceptors (Lipinski definition) is 6. The number of hydrogen-bond donors (Lipinski definition) is 2. The topological polar surface area (TPSA) is 69.2 Å². The Labute approximate surface area is 175 Å². The molecular weight excluding hydrogens is 394 g/mol. The quantitative estimate of drug-likeness (QED) is 0.740. The van der Waals surface area contributed by atoms with Crippen molar-refractivity contribution in [1.29, 1.82) is 0 Å². The van der Waals surface area contributed by atoms with Crippen molar-refractivity contribution < 1.29 is 24.1 Å². The number of nitrogens with one attached hydrogen (secondary N) is 1. The molecule has 0 saturated heterocycles. The Morgan fingerprint density at radius 3 is 2.76 bits per heavy atom. The van der Waals surface area contributed by atoms with Gasteiger partial charge in [0.2, 0.25) is 6.79 Å². The lowest BCUT2D eigenvalue weighted by molar-refractivity contribution is -0.0639. The third-order valence-electron chi connectivity index (χ3n) is 5.14. The minimum Gasteiger partial charge on any atom is -0.492 e. The molecule has 2 aliphatic heterocycles. The number of fused-ring (bicyclic) bond motifs is 2. The van der Waals surface area contributed by atoms with Crippen LogP contribution in [0.2, 0.25) is 5.02 Å². The first-order chi connectivity index (χ1) is 13.7. The van der Waals surface area contributed by atoms with E-state index in [1.807, 2.05) is 45.0 Å². The molecule has 2 N–H and O–H groups in total. The van der Waals surface area contributed by atoms with E-state index in [-0.39, 0.29) is 12.8 Å². The van der Waals surface area contributed by atoms with Gasteiger partial charge < -0.3 is 29.4 Å². The first kappa shape index (κ1) is 20.1. The Morgan fingerprint density at radius 1 is 1.14 bits per heavy atom. The van der Waals surface area contributed by atoms with Gasteiger partial charge in [-0.2, -0.15) is 0 Å². The highest BCUT2D eigenvalue weighted by atomic mass is 35.5. The number of halogens is 1. The molecule has 2 atom stereocenters. The zero-order valence-electron chi connectivity index (χ0n) is 16.8. The second kappa shape index (κ2) is 7.59. The molecule has 156 valence electrons. The molecule has 2 aromatic carbocycles. The van der Waals surface area contributed by atoms with Gasteiger partial charge in [-0.3, -0.25) is 0 Å². The van der Waals surface area contributed by atoms with E-state index in [2.05, 4.69) is 5.32 Å². The fraction of sp³-hybridized carbons (Fsp3) is 0.455. The molecule has 0 fully saturated rings. The van der Waals surface area contributed by atoms with E-state index in [1.165, 1.54) is 0 Å². The van der Waals surface area contributed by atoms with Gasteiger partial charge in [0.1, 0.15) is 29.3 Å². The largest absolute Gasteiger partial charge is 0.492 e. The zero-order chi connectivity index (χ0) is 20.6. The molecule has 0 amide bonds. The Hall–Kier alpha value is -2.15. The van der Waals surface area contributed by atoms with E-state index in [9.17, 15) is 5.11 Å². The summed E-state index contributed by atoms with van der Waals surface area (Å²) >= 11 is 6.11. The van der Waals surface area contributed by atoms with Crippen molar-refractivity contribution in [3.63, 3.8) is 0 Å². The summed E-state index contributed by atoms with van der Waals surface area (Å²) < 4.78 is 22.6. The molecule has 2 heterocycles. The predicted octanol–water partition coefficient (Wildman–Crippen LogP) is 3.87. The number of benzene rings is 2. The summed E-state index contributed by atoms with van der Waals surface area (Å²) in [5, 5.41) is 15.4. The number of ether oxygens (including phenoxy) is 4. The van der Waals surface area contributed by atoms with E-state index in [1.54, 1.807) is 12.1 Å². The van der Waals surface area contributed by atoms with Crippen molar-refractivity contribution in [2.24, 2.45) is 0 Å². The molecule has 2 unspecified atom stereocenters. The average molecular weight is 420 g/mol. The van der Waals surface area contributed by atoms with Crippen molar-refractivity contribution in [3.05, 3.63) is 47.0 Å². The molecule has 0 spiro atoms. The summed E-state index contributed by atoms with van der Waals surface area (Å²) in [4.78, 5) is 0. The van der Waals surface area contributed by atoms with E-state index in [0.717, 1.165) is 11.3 Å².